The molecule has 4 atom stereocenters. The Morgan fingerprint density at radius 1 is 1.15 bits per heavy atom. The number of anilines is 1. The van der Waals surface area contributed by atoms with E-state index in [1.165, 1.54) is 0 Å². The molecule has 1 heterocycles. The maximum atomic E-state index is 13.4. The molecule has 1 aromatic rings. The standard InChI is InChI=1S/C28H38Cl2N4O5S/c1-28(11-12-28)40(38,39)33-26(36)22-14-18(22)8-5-3-2-4-6-9-23(32-21-16-19(29)15-20(30)17-21)27(37)34-13-7-10-24(34)25(31)35/h5,8,15-18,22-24,32H,2-4,6-7,9-14H2,1H3,(H2,31,35)(H,33,36)/b8-5-/t18-,22+,23+,24+/m1/s1. The van der Waals surface area contributed by atoms with Gasteiger partial charge in [0, 0.05) is 28.2 Å². The van der Waals surface area contributed by atoms with Gasteiger partial charge in [0.15, 0.2) is 0 Å². The van der Waals surface area contributed by atoms with Gasteiger partial charge in [-0.05, 0) is 82.4 Å². The van der Waals surface area contributed by atoms with Gasteiger partial charge in [0.05, 0.1) is 4.75 Å². The number of carbonyl (C=O) groups excluding carboxylic acids is 3. The SMILES string of the molecule is CC1(S(=O)(=O)NC(=O)[C@H]2C[C@H]2/C=C\CCCCC[C@H](Nc2cc(Cl)cc(Cl)c2)C(=O)N2CCC[C@H]2C(N)=O)CC1. The van der Waals surface area contributed by atoms with Crippen molar-refractivity contribution in [1.29, 1.82) is 0 Å². The van der Waals surface area contributed by atoms with E-state index in [0.29, 0.717) is 54.4 Å². The number of hydrogen-bond acceptors (Lipinski definition) is 6. The molecule has 0 radical (unpaired) electrons. The summed E-state index contributed by atoms with van der Waals surface area (Å²) in [5, 5.41) is 4.17. The van der Waals surface area contributed by atoms with Crippen molar-refractivity contribution in [2.75, 3.05) is 11.9 Å². The molecular weight excluding hydrogens is 575 g/mol. The predicted molar refractivity (Wildman–Crippen MR) is 156 cm³/mol. The van der Waals surface area contributed by atoms with Crippen molar-refractivity contribution in [3.8, 4) is 0 Å². The predicted octanol–water partition coefficient (Wildman–Crippen LogP) is 4.39. The van der Waals surface area contributed by atoms with Crippen molar-refractivity contribution in [2.24, 2.45) is 17.6 Å². The Morgan fingerprint density at radius 3 is 2.50 bits per heavy atom. The number of nitrogens with one attached hydrogen (secondary N) is 2. The number of hydrogen-bond donors (Lipinski definition) is 3. The molecule has 40 heavy (non-hydrogen) atoms. The van der Waals surface area contributed by atoms with Crippen molar-refractivity contribution >= 4 is 56.6 Å². The van der Waals surface area contributed by atoms with Gasteiger partial charge in [-0.25, -0.2) is 8.42 Å². The highest BCUT2D eigenvalue weighted by Gasteiger charge is 2.52. The van der Waals surface area contributed by atoms with Gasteiger partial charge in [-0.3, -0.25) is 19.1 Å². The Morgan fingerprint density at radius 2 is 1.85 bits per heavy atom. The second-order valence-corrected chi connectivity index (χ2v) is 14.5. The fraction of sp³-hybridized carbons (Fsp3) is 0.607. The number of halogens is 2. The van der Waals surface area contributed by atoms with Crippen LogP contribution in [0.1, 0.15) is 71.1 Å². The van der Waals surface area contributed by atoms with Crippen LogP contribution in [0.2, 0.25) is 10.0 Å². The molecule has 4 N–H and O–H groups in total. The first kappa shape index (κ1) is 30.7. The summed E-state index contributed by atoms with van der Waals surface area (Å²) in [6, 6.07) is 3.90. The second-order valence-electron chi connectivity index (χ2n) is 11.4. The quantitative estimate of drug-likeness (QED) is 0.210. The number of benzene rings is 1. The summed E-state index contributed by atoms with van der Waals surface area (Å²) in [7, 11) is -3.59. The molecule has 4 rings (SSSR count). The minimum atomic E-state index is -3.59. The summed E-state index contributed by atoms with van der Waals surface area (Å²) in [6.45, 7) is 2.16. The number of carbonyl (C=O) groups is 3. The maximum absolute atomic E-state index is 13.4. The van der Waals surface area contributed by atoms with Crippen molar-refractivity contribution < 1.29 is 22.8 Å². The van der Waals surface area contributed by atoms with Gasteiger partial charge < -0.3 is 16.0 Å². The molecule has 0 unspecified atom stereocenters. The van der Waals surface area contributed by atoms with E-state index in [2.05, 4.69) is 10.0 Å². The van der Waals surface area contributed by atoms with Crippen LogP contribution < -0.4 is 15.8 Å². The maximum Gasteiger partial charge on any atom is 0.245 e. The van der Waals surface area contributed by atoms with E-state index < -0.39 is 38.7 Å². The molecule has 0 spiro atoms. The van der Waals surface area contributed by atoms with Gasteiger partial charge in [-0.1, -0.05) is 48.2 Å². The van der Waals surface area contributed by atoms with E-state index in [1.807, 2.05) is 12.2 Å². The van der Waals surface area contributed by atoms with Crippen LogP contribution in [-0.4, -0.2) is 54.4 Å². The van der Waals surface area contributed by atoms with Gasteiger partial charge in [0.25, 0.3) is 0 Å². The highest BCUT2D eigenvalue weighted by Crippen LogP contribution is 2.44. The van der Waals surface area contributed by atoms with Gasteiger partial charge in [-0.15, -0.1) is 0 Å². The van der Waals surface area contributed by atoms with Gasteiger partial charge in [0.2, 0.25) is 27.7 Å². The number of likely N-dealkylation sites (tertiary alicyclic amines) is 1. The van der Waals surface area contributed by atoms with E-state index in [4.69, 9.17) is 28.9 Å². The number of sulfonamides is 1. The molecule has 2 saturated carbocycles. The molecule has 1 saturated heterocycles. The molecule has 12 heteroatoms. The van der Waals surface area contributed by atoms with E-state index in [9.17, 15) is 22.8 Å². The Kier molecular flexibility index (Phi) is 9.73. The first-order valence-electron chi connectivity index (χ1n) is 14.0. The fourth-order valence-corrected chi connectivity index (χ4v) is 7.01. The van der Waals surface area contributed by atoms with Crippen LogP contribution in [0.4, 0.5) is 5.69 Å². The zero-order valence-corrected chi connectivity index (χ0v) is 25.0. The smallest absolute Gasteiger partial charge is 0.245 e. The lowest BCUT2D eigenvalue weighted by Gasteiger charge is -2.28. The number of allylic oxidation sites excluding steroid dienone is 2. The molecule has 1 aromatic carbocycles. The minimum absolute atomic E-state index is 0.0802. The average Bonchev–Trinajstić information content (AvgIpc) is 3.77. The summed E-state index contributed by atoms with van der Waals surface area (Å²) >= 11 is 12.3. The lowest BCUT2D eigenvalue weighted by molar-refractivity contribution is -0.138. The topological polar surface area (TPSA) is 139 Å². The van der Waals surface area contributed by atoms with Crippen LogP contribution in [0.3, 0.4) is 0 Å². The number of primary amides is 1. The molecule has 2 aliphatic carbocycles. The summed E-state index contributed by atoms with van der Waals surface area (Å²) < 4.78 is 26.0. The molecular formula is C28H38Cl2N4O5S. The van der Waals surface area contributed by atoms with Crippen LogP contribution in [0.5, 0.6) is 0 Å². The van der Waals surface area contributed by atoms with Crippen LogP contribution in [0.15, 0.2) is 30.4 Å². The molecule has 3 amide bonds. The number of unbranched alkanes of at least 4 members (excludes halogenated alkanes) is 3. The van der Waals surface area contributed by atoms with Gasteiger partial charge >= 0.3 is 0 Å². The van der Waals surface area contributed by atoms with Crippen LogP contribution in [0, 0.1) is 11.8 Å². The van der Waals surface area contributed by atoms with Crippen molar-refractivity contribution in [2.45, 2.75) is 88.0 Å². The van der Waals surface area contributed by atoms with Gasteiger partial charge in [0.1, 0.15) is 12.1 Å². The summed E-state index contributed by atoms with van der Waals surface area (Å²) in [5.74, 6) is -1.24. The summed E-state index contributed by atoms with van der Waals surface area (Å²) in [4.78, 5) is 39.2. The first-order chi connectivity index (χ1) is 18.9. The van der Waals surface area contributed by atoms with Crippen molar-refractivity contribution in [1.82, 2.24) is 9.62 Å². The Balaban J connectivity index is 1.23. The monoisotopic (exact) mass is 612 g/mol. The minimum Gasteiger partial charge on any atom is -0.374 e. The van der Waals surface area contributed by atoms with Crippen LogP contribution >= 0.6 is 23.2 Å². The zero-order valence-electron chi connectivity index (χ0n) is 22.7. The molecule has 9 nitrogen and oxygen atoms in total. The number of nitrogens with two attached hydrogens (primary N) is 1. The lowest BCUT2D eigenvalue weighted by Crippen LogP contribution is -2.49. The van der Waals surface area contributed by atoms with E-state index >= 15 is 0 Å². The van der Waals surface area contributed by atoms with E-state index in [-0.39, 0.29) is 17.7 Å². The number of rotatable bonds is 14. The molecule has 0 aromatic heterocycles. The third-order valence-electron chi connectivity index (χ3n) is 8.13. The third kappa shape index (κ3) is 7.70. The fourth-order valence-electron chi connectivity index (χ4n) is 5.19. The van der Waals surface area contributed by atoms with Crippen molar-refractivity contribution in [3.63, 3.8) is 0 Å². The van der Waals surface area contributed by atoms with E-state index in [1.54, 1.807) is 30.0 Å². The molecule has 220 valence electrons. The zero-order chi connectivity index (χ0) is 29.1. The Labute approximate surface area is 246 Å². The first-order valence-corrected chi connectivity index (χ1v) is 16.2. The van der Waals surface area contributed by atoms with Crippen LogP contribution in [0.25, 0.3) is 0 Å². The lowest BCUT2D eigenvalue weighted by atomic mass is 10.0. The second kappa shape index (κ2) is 12.7. The molecule has 3 aliphatic rings. The highest BCUT2D eigenvalue weighted by atomic mass is 35.5. The van der Waals surface area contributed by atoms with Crippen LogP contribution in [-0.2, 0) is 24.4 Å². The molecule has 0 bridgehead atoms. The number of amides is 3. The molecule has 1 aliphatic heterocycles. The number of nitrogens with zero attached hydrogens (tertiary/aromatic N) is 1. The Hall–Kier alpha value is -2.30. The summed E-state index contributed by atoms with van der Waals surface area (Å²) in [6.07, 6.45) is 11.2. The Bertz CT molecular complexity index is 1250. The largest absolute Gasteiger partial charge is 0.374 e. The average molecular weight is 614 g/mol. The van der Waals surface area contributed by atoms with Crippen molar-refractivity contribution in [3.05, 3.63) is 40.4 Å². The normalized spacial score (nSPS) is 24.1. The molecule has 3 fully saturated rings. The third-order valence-corrected chi connectivity index (χ3v) is 10.7. The van der Waals surface area contributed by atoms with E-state index in [0.717, 1.165) is 32.1 Å². The van der Waals surface area contributed by atoms with Gasteiger partial charge in [-0.2, -0.15) is 0 Å². The highest BCUT2D eigenvalue weighted by molar-refractivity contribution is 7.91. The summed E-state index contributed by atoms with van der Waals surface area (Å²) in [5.41, 5.74) is 6.18.